The molecule has 2 amide bonds. The second-order valence-electron chi connectivity index (χ2n) is 19.9. The number of likely N-dealkylation sites (tertiary alicyclic amines) is 1. The molecule has 5 atom stereocenters. The Morgan fingerprint density at radius 1 is 0.947 bits per heavy atom. The number of amides is 2. The van der Waals surface area contributed by atoms with Gasteiger partial charge in [-0.1, -0.05) is 19.9 Å². The van der Waals surface area contributed by atoms with Crippen LogP contribution in [0.1, 0.15) is 129 Å². The number of imidazole rings is 1. The van der Waals surface area contributed by atoms with E-state index >= 15 is 0 Å². The summed E-state index contributed by atoms with van der Waals surface area (Å²) < 4.78 is 37.4. The second kappa shape index (κ2) is 14.9. The molecule has 57 heavy (non-hydrogen) atoms. The minimum atomic E-state index is -1.26. The molecule has 2 aromatic rings. The topological polar surface area (TPSA) is 157 Å². The minimum Gasteiger partial charge on any atom is -0.486 e. The van der Waals surface area contributed by atoms with Crippen molar-refractivity contribution in [2.75, 3.05) is 13.1 Å². The third-order valence-electron chi connectivity index (χ3n) is 11.7. The molecule has 14 nitrogen and oxygen atoms in total. The predicted molar refractivity (Wildman–Crippen MR) is 212 cm³/mol. The first-order valence-corrected chi connectivity index (χ1v) is 20.2. The fraction of sp³-hybridized carbons (Fsp3) is 0.690. The SMILES string of the molecule is Cc1c(CCB2O[C@@H]3C[C@@H]4C[C@@H](C4(C)C)[C@]3(C)O2)ccc(OC2CN(C(=O)C(NC(=O)OC(C)(C)C)c3cn(C(=O)OC(C)(C)C)cn3)C2)c1C(=O)OC(C)(C)C. The second-order valence-corrected chi connectivity index (χ2v) is 19.9. The fourth-order valence-electron chi connectivity index (χ4n) is 8.67. The predicted octanol–water partition coefficient (Wildman–Crippen LogP) is 7.06. The van der Waals surface area contributed by atoms with Crippen LogP contribution in [0.2, 0.25) is 6.32 Å². The molecule has 1 aromatic heterocycles. The Labute approximate surface area is 337 Å². The molecule has 312 valence electrons. The maximum atomic E-state index is 13.9. The molecule has 2 bridgehead atoms. The number of nitrogens with one attached hydrogen (secondary N) is 1. The summed E-state index contributed by atoms with van der Waals surface area (Å²) in [7, 11) is -0.325. The van der Waals surface area contributed by atoms with Crippen molar-refractivity contribution in [2.45, 2.75) is 156 Å². The Hall–Kier alpha value is -4.11. The van der Waals surface area contributed by atoms with Crippen molar-refractivity contribution in [3.05, 3.63) is 47.0 Å². The van der Waals surface area contributed by atoms with E-state index in [1.54, 1.807) is 47.6 Å². The number of ether oxygens (including phenoxy) is 4. The maximum absolute atomic E-state index is 13.9. The van der Waals surface area contributed by atoms with Gasteiger partial charge in [0, 0.05) is 6.20 Å². The maximum Gasteiger partial charge on any atom is 0.457 e. The standard InChI is InChI=1S/C42H61BN4O10/c1-24-25(16-17-43-56-31-19-26-18-30(41(26,11)12)42(31,13)57-43)14-15-29(32(24)35(49)53-38(2,3)4)52-27-20-46(21-27)34(48)33(45-36(50)54-39(5,6)7)28-22-47(23-44-28)37(51)55-40(8,9)10/h14-15,22-23,26-27,30-31,33H,16-21H2,1-13H3,(H,45,50)/t26-,30-,31+,33?,42-/m0/s1. The number of nitrogens with zero attached hydrogens (tertiary/aromatic N) is 3. The number of rotatable bonds is 9. The Balaban J connectivity index is 1.15. The Morgan fingerprint density at radius 2 is 1.60 bits per heavy atom. The summed E-state index contributed by atoms with van der Waals surface area (Å²) in [5.41, 5.74) is -0.173. The van der Waals surface area contributed by atoms with Gasteiger partial charge in [0.25, 0.3) is 5.91 Å². The molecule has 2 aliphatic heterocycles. The van der Waals surface area contributed by atoms with E-state index in [1.165, 1.54) is 23.8 Å². The number of aromatic nitrogens is 2. The lowest BCUT2D eigenvalue weighted by Gasteiger charge is -2.64. The Morgan fingerprint density at radius 3 is 2.21 bits per heavy atom. The van der Waals surface area contributed by atoms with Gasteiger partial charge in [-0.05, 0) is 136 Å². The van der Waals surface area contributed by atoms with Gasteiger partial charge in [0.15, 0.2) is 6.04 Å². The van der Waals surface area contributed by atoms with Crippen LogP contribution in [0.5, 0.6) is 5.75 Å². The zero-order valence-electron chi connectivity index (χ0n) is 35.9. The lowest BCUT2D eigenvalue weighted by atomic mass is 9.43. The number of carbonyl (C=O) groups is 4. The molecule has 5 fully saturated rings. The smallest absolute Gasteiger partial charge is 0.457 e. The lowest BCUT2D eigenvalue weighted by molar-refractivity contribution is -0.199. The molecule has 2 saturated heterocycles. The summed E-state index contributed by atoms with van der Waals surface area (Å²) in [5, 5.41) is 2.62. The van der Waals surface area contributed by atoms with Gasteiger partial charge in [0.05, 0.1) is 30.5 Å². The van der Waals surface area contributed by atoms with Gasteiger partial charge in [-0.15, -0.1) is 0 Å². The van der Waals surface area contributed by atoms with Gasteiger partial charge >= 0.3 is 25.3 Å². The van der Waals surface area contributed by atoms with E-state index in [4.69, 9.17) is 28.3 Å². The van der Waals surface area contributed by atoms with Crippen molar-refractivity contribution >= 4 is 31.2 Å². The number of esters is 1. The summed E-state index contributed by atoms with van der Waals surface area (Å²) in [4.78, 5) is 59.1. The fourth-order valence-corrected chi connectivity index (χ4v) is 8.67. The van der Waals surface area contributed by atoms with Gasteiger partial charge in [-0.3, -0.25) is 4.79 Å². The van der Waals surface area contributed by atoms with Crippen molar-refractivity contribution in [3.63, 3.8) is 0 Å². The molecule has 1 aromatic carbocycles. The van der Waals surface area contributed by atoms with Gasteiger partial charge < -0.3 is 38.5 Å². The van der Waals surface area contributed by atoms with Crippen molar-refractivity contribution in [1.29, 1.82) is 0 Å². The van der Waals surface area contributed by atoms with Crippen LogP contribution in [-0.4, -0.2) is 93.3 Å². The molecule has 0 spiro atoms. The summed E-state index contributed by atoms with van der Waals surface area (Å²) in [5.74, 6) is 0.528. The minimum absolute atomic E-state index is 0.0975. The molecule has 3 aliphatic carbocycles. The third kappa shape index (κ3) is 9.14. The molecular weight excluding hydrogens is 731 g/mol. The molecule has 5 aliphatic rings. The van der Waals surface area contributed by atoms with Gasteiger partial charge in [0.1, 0.15) is 40.5 Å². The summed E-state index contributed by atoms with van der Waals surface area (Å²) in [6, 6.07) is 2.49. The van der Waals surface area contributed by atoms with Gasteiger partial charge in [-0.2, -0.15) is 0 Å². The van der Waals surface area contributed by atoms with Crippen LogP contribution in [0.25, 0.3) is 0 Å². The number of benzene rings is 1. The van der Waals surface area contributed by atoms with Crippen molar-refractivity contribution < 1.29 is 47.4 Å². The molecule has 3 saturated carbocycles. The molecule has 7 rings (SSSR count). The van der Waals surface area contributed by atoms with E-state index in [1.807, 2.05) is 33.8 Å². The quantitative estimate of drug-likeness (QED) is 0.158. The highest BCUT2D eigenvalue weighted by atomic mass is 16.7. The van der Waals surface area contributed by atoms with E-state index in [9.17, 15) is 19.2 Å². The van der Waals surface area contributed by atoms with Gasteiger partial charge in [-0.25, -0.2) is 23.9 Å². The molecule has 15 heteroatoms. The number of alkyl carbamates (subject to hydrolysis) is 1. The molecular formula is C42H61BN4O10. The van der Waals surface area contributed by atoms with E-state index in [0.717, 1.165) is 22.1 Å². The lowest BCUT2D eigenvalue weighted by Crippen LogP contribution is -2.65. The average Bonchev–Trinajstić information content (AvgIpc) is 3.66. The van der Waals surface area contributed by atoms with E-state index in [0.29, 0.717) is 35.9 Å². The number of hydrogen-bond acceptors (Lipinski definition) is 11. The zero-order chi connectivity index (χ0) is 42.0. The average molecular weight is 793 g/mol. The van der Waals surface area contributed by atoms with E-state index in [-0.39, 0.29) is 43.0 Å². The number of hydrogen-bond donors (Lipinski definition) is 1. The van der Waals surface area contributed by atoms with Crippen LogP contribution in [0, 0.1) is 24.2 Å². The van der Waals surface area contributed by atoms with Crippen LogP contribution in [0.15, 0.2) is 24.7 Å². The number of aryl methyl sites for hydroxylation is 1. The molecule has 0 radical (unpaired) electrons. The monoisotopic (exact) mass is 792 g/mol. The van der Waals surface area contributed by atoms with E-state index < -0.39 is 53.0 Å². The van der Waals surface area contributed by atoms with Crippen LogP contribution in [0.4, 0.5) is 9.59 Å². The summed E-state index contributed by atoms with van der Waals surface area (Å²) in [6.45, 7) is 25.0. The summed E-state index contributed by atoms with van der Waals surface area (Å²) >= 11 is 0. The van der Waals surface area contributed by atoms with Crippen molar-refractivity contribution in [1.82, 2.24) is 19.8 Å². The Bertz CT molecular complexity index is 1890. The van der Waals surface area contributed by atoms with Crippen molar-refractivity contribution in [3.8, 4) is 5.75 Å². The normalized spacial score (nSPS) is 24.8. The molecule has 1 N–H and O–H groups in total. The van der Waals surface area contributed by atoms with Crippen molar-refractivity contribution in [2.24, 2.45) is 17.3 Å². The van der Waals surface area contributed by atoms with E-state index in [2.05, 4.69) is 31.1 Å². The highest BCUT2D eigenvalue weighted by Crippen LogP contribution is 2.65. The zero-order valence-corrected chi connectivity index (χ0v) is 35.9. The molecule has 1 unspecified atom stereocenters. The van der Waals surface area contributed by atoms with Crippen LogP contribution in [0.3, 0.4) is 0 Å². The van der Waals surface area contributed by atoms with Gasteiger partial charge in [0.2, 0.25) is 0 Å². The summed E-state index contributed by atoms with van der Waals surface area (Å²) in [6.07, 6.45) is 4.20. The third-order valence-corrected chi connectivity index (χ3v) is 11.7. The van der Waals surface area contributed by atoms with Crippen LogP contribution in [-0.2, 0) is 34.7 Å². The first kappa shape index (κ1) is 42.5. The van der Waals surface area contributed by atoms with Crippen LogP contribution >= 0.6 is 0 Å². The Kier molecular flexibility index (Phi) is 11.1. The largest absolute Gasteiger partial charge is 0.486 e. The van der Waals surface area contributed by atoms with Crippen LogP contribution < -0.4 is 10.1 Å². The number of carbonyl (C=O) groups excluding carboxylic acids is 4. The highest BCUT2D eigenvalue weighted by molar-refractivity contribution is 6.45. The molecule has 3 heterocycles. The highest BCUT2D eigenvalue weighted by Gasteiger charge is 2.67. The first-order chi connectivity index (χ1) is 26.2. The first-order valence-electron chi connectivity index (χ1n) is 20.2.